The molecule has 9 heteroatoms. The van der Waals surface area contributed by atoms with Crippen LogP contribution in [0.1, 0.15) is 271 Å². The number of hydrogen-bond donors (Lipinski definition) is 6. The van der Waals surface area contributed by atoms with E-state index in [-0.39, 0.29) is 18.9 Å². The van der Waals surface area contributed by atoms with Crippen LogP contribution in [0.15, 0.2) is 158 Å². The molecule has 0 aromatic carbocycles. The fourth-order valence-corrected chi connectivity index (χ4v) is 10.1. The molecule has 0 spiro atoms. The molecule has 1 fully saturated rings. The van der Waals surface area contributed by atoms with Gasteiger partial charge in [-0.15, -0.1) is 0 Å². The van der Waals surface area contributed by atoms with Crippen molar-refractivity contribution < 1.29 is 39.8 Å². The topological polar surface area (TPSA) is 149 Å². The SMILES string of the molecule is CC/C=C\C/C=C\C/C=C\C/C=C\C/C=C\C/C=C\C/C=C\C/C=C\C/C=C\C/C=C\C/C=C\CCCCCC(=O)NC(COC1OC(CO)C(O)C(O)C1O)C(O)/C=C/CC/C=C/CCCCCCCCCCCCCCCCCCCCCCC. The summed E-state index contributed by atoms with van der Waals surface area (Å²) in [5.41, 5.74) is 0. The highest BCUT2D eigenvalue weighted by molar-refractivity contribution is 5.76. The summed E-state index contributed by atoms with van der Waals surface area (Å²) < 4.78 is 11.3. The maximum absolute atomic E-state index is 13.1. The van der Waals surface area contributed by atoms with Gasteiger partial charge in [0.15, 0.2) is 6.29 Å². The van der Waals surface area contributed by atoms with Crippen molar-refractivity contribution in [3.8, 4) is 0 Å². The maximum Gasteiger partial charge on any atom is 0.220 e. The second-order valence-electron chi connectivity index (χ2n) is 23.6. The Morgan fingerprint density at radius 1 is 0.402 bits per heavy atom. The quantitative estimate of drug-likeness (QED) is 0.0261. The molecule has 1 saturated heterocycles. The van der Waals surface area contributed by atoms with Crippen molar-refractivity contribution in [2.75, 3.05) is 13.2 Å². The van der Waals surface area contributed by atoms with Gasteiger partial charge in [0.25, 0.3) is 0 Å². The van der Waals surface area contributed by atoms with Crippen molar-refractivity contribution in [3.05, 3.63) is 158 Å². The molecule has 0 aromatic heterocycles. The number of aliphatic hydroxyl groups is 5. The van der Waals surface area contributed by atoms with Crippen LogP contribution in [0.5, 0.6) is 0 Å². The summed E-state index contributed by atoms with van der Waals surface area (Å²) in [4.78, 5) is 13.1. The zero-order chi connectivity index (χ0) is 62.8. The summed E-state index contributed by atoms with van der Waals surface area (Å²) in [5.74, 6) is -0.223. The van der Waals surface area contributed by atoms with E-state index in [4.69, 9.17) is 9.47 Å². The molecule has 1 rings (SSSR count). The van der Waals surface area contributed by atoms with Gasteiger partial charge in [-0.3, -0.25) is 4.79 Å². The van der Waals surface area contributed by atoms with Crippen LogP contribution in [0.3, 0.4) is 0 Å². The lowest BCUT2D eigenvalue weighted by molar-refractivity contribution is -0.302. The Morgan fingerprint density at radius 2 is 0.724 bits per heavy atom. The Labute approximate surface area is 533 Å². The van der Waals surface area contributed by atoms with Crippen LogP contribution < -0.4 is 5.32 Å². The third-order valence-electron chi connectivity index (χ3n) is 15.6. The van der Waals surface area contributed by atoms with Crippen LogP contribution in [-0.2, 0) is 14.3 Å². The van der Waals surface area contributed by atoms with E-state index in [0.29, 0.717) is 6.42 Å². The van der Waals surface area contributed by atoms with E-state index in [1.54, 1.807) is 6.08 Å². The minimum absolute atomic E-state index is 0.223. The van der Waals surface area contributed by atoms with Gasteiger partial charge in [-0.05, 0) is 116 Å². The van der Waals surface area contributed by atoms with Crippen LogP contribution in [0.25, 0.3) is 0 Å². The first-order valence-corrected chi connectivity index (χ1v) is 35.2. The average Bonchev–Trinajstić information content (AvgIpc) is 3.37. The van der Waals surface area contributed by atoms with Gasteiger partial charge in [0.1, 0.15) is 24.4 Å². The molecule has 0 radical (unpaired) electrons. The van der Waals surface area contributed by atoms with E-state index < -0.39 is 49.5 Å². The molecule has 6 N–H and O–H groups in total. The van der Waals surface area contributed by atoms with Crippen molar-refractivity contribution in [1.82, 2.24) is 5.32 Å². The van der Waals surface area contributed by atoms with Crippen LogP contribution in [-0.4, -0.2) is 87.5 Å². The predicted molar refractivity (Wildman–Crippen MR) is 373 cm³/mol. The zero-order valence-electron chi connectivity index (χ0n) is 55.2. The molecule has 1 aliphatic rings. The first-order valence-electron chi connectivity index (χ1n) is 35.2. The van der Waals surface area contributed by atoms with Gasteiger partial charge in [-0.1, -0.05) is 307 Å². The van der Waals surface area contributed by atoms with Gasteiger partial charge in [-0.25, -0.2) is 0 Å². The van der Waals surface area contributed by atoms with E-state index in [9.17, 15) is 30.3 Å². The zero-order valence-corrected chi connectivity index (χ0v) is 55.2. The summed E-state index contributed by atoms with van der Waals surface area (Å²) in [6.45, 7) is 3.64. The molecule has 0 aliphatic carbocycles. The number of amides is 1. The summed E-state index contributed by atoms with van der Waals surface area (Å²) in [6, 6.07) is -0.854. The van der Waals surface area contributed by atoms with Crippen molar-refractivity contribution in [3.63, 3.8) is 0 Å². The summed E-state index contributed by atoms with van der Waals surface area (Å²) >= 11 is 0. The largest absolute Gasteiger partial charge is 0.394 e. The Hall–Kier alpha value is -4.19. The Balaban J connectivity index is 2.23. The van der Waals surface area contributed by atoms with Crippen LogP contribution >= 0.6 is 0 Å². The molecule has 0 bridgehead atoms. The molecular weight excluding hydrogens is 1080 g/mol. The number of allylic oxidation sites excluding steroid dienone is 25. The number of hydrogen-bond acceptors (Lipinski definition) is 8. The third kappa shape index (κ3) is 53.4. The molecule has 1 aliphatic heterocycles. The normalized spacial score (nSPS) is 19.0. The van der Waals surface area contributed by atoms with Gasteiger partial charge in [0, 0.05) is 6.42 Å². The fourth-order valence-electron chi connectivity index (χ4n) is 10.1. The summed E-state index contributed by atoms with van der Waals surface area (Å²) in [7, 11) is 0. The molecule has 494 valence electrons. The fraction of sp³-hybridized carbons (Fsp3) is 0.654. The Bertz CT molecular complexity index is 1930. The Morgan fingerprint density at radius 3 is 1.10 bits per heavy atom. The van der Waals surface area contributed by atoms with Gasteiger partial charge in [0.2, 0.25) is 5.91 Å². The summed E-state index contributed by atoms with van der Waals surface area (Å²) in [6.07, 6.45) is 94.8. The number of unbranched alkanes of at least 4 members (excludes halogenated alkanes) is 25. The lowest BCUT2D eigenvalue weighted by Crippen LogP contribution is -2.60. The van der Waals surface area contributed by atoms with Crippen molar-refractivity contribution >= 4 is 5.91 Å². The van der Waals surface area contributed by atoms with Gasteiger partial charge < -0.3 is 40.3 Å². The molecular formula is C78H129NO8. The monoisotopic (exact) mass is 1210 g/mol. The maximum atomic E-state index is 13.1. The average molecular weight is 1210 g/mol. The molecule has 0 saturated carbocycles. The second kappa shape index (κ2) is 64.8. The van der Waals surface area contributed by atoms with E-state index in [1.807, 2.05) is 6.08 Å². The molecule has 1 amide bonds. The minimum Gasteiger partial charge on any atom is -0.394 e. The van der Waals surface area contributed by atoms with Gasteiger partial charge in [0.05, 0.1) is 25.4 Å². The third-order valence-corrected chi connectivity index (χ3v) is 15.6. The van der Waals surface area contributed by atoms with Crippen molar-refractivity contribution in [2.24, 2.45) is 0 Å². The first-order chi connectivity index (χ1) is 42.8. The summed E-state index contributed by atoms with van der Waals surface area (Å²) in [5, 5.41) is 54.7. The van der Waals surface area contributed by atoms with Crippen LogP contribution in [0.4, 0.5) is 0 Å². The van der Waals surface area contributed by atoms with Gasteiger partial charge in [-0.2, -0.15) is 0 Å². The Kier molecular flexibility index (Phi) is 60.2. The highest BCUT2D eigenvalue weighted by atomic mass is 16.7. The lowest BCUT2D eigenvalue weighted by atomic mass is 9.99. The number of carbonyl (C=O) groups is 1. The number of rotatable bonds is 59. The van der Waals surface area contributed by atoms with E-state index in [1.165, 1.54) is 135 Å². The number of aliphatic hydroxyl groups excluding tert-OH is 5. The smallest absolute Gasteiger partial charge is 0.220 e. The standard InChI is InChI=1S/C78H129NO8/c1-3-5-7-9-11-13-15-17-19-21-23-25-27-29-31-32-33-34-35-36-37-38-39-40-42-44-46-48-50-52-54-56-58-60-62-64-66-68-74(82)79-71(70-86-78-77(85)76(84)75(83)73(69-80)87-78)72(81)67-65-63-61-59-57-55-53-51-49-47-45-43-41-30-28-26-24-22-20-18-16-14-12-10-8-6-4-2/h5,7,11,13,17,19,23,25,29,31,33-34,36-37,39-40,44,46,50,52,56-59,65,67,71-73,75-78,80-81,83-85H,3-4,6,8-10,12,14-16,18,20-22,24,26-28,30,32,35,38,41-43,45,47-49,51,53-55,60-64,66,68-70H2,1-2H3,(H,79,82)/b7-5-,13-11-,19-17-,25-23-,31-29-,34-33-,37-36-,40-39-,46-44-,52-50-,58-56-,59-57+,67-65+. The molecule has 1 heterocycles. The molecule has 9 nitrogen and oxygen atoms in total. The highest BCUT2D eigenvalue weighted by Gasteiger charge is 2.44. The number of nitrogens with one attached hydrogen (secondary N) is 1. The van der Waals surface area contributed by atoms with Crippen LogP contribution in [0, 0.1) is 0 Å². The van der Waals surface area contributed by atoms with Crippen molar-refractivity contribution in [1.29, 1.82) is 0 Å². The van der Waals surface area contributed by atoms with E-state index in [2.05, 4.69) is 165 Å². The first kappa shape index (κ1) is 80.8. The molecule has 87 heavy (non-hydrogen) atoms. The number of ether oxygens (including phenoxy) is 2. The van der Waals surface area contributed by atoms with Crippen molar-refractivity contribution in [2.45, 2.75) is 314 Å². The molecule has 0 aromatic rings. The van der Waals surface area contributed by atoms with E-state index in [0.717, 1.165) is 109 Å². The predicted octanol–water partition coefficient (Wildman–Crippen LogP) is 19.5. The highest BCUT2D eigenvalue weighted by Crippen LogP contribution is 2.23. The second-order valence-corrected chi connectivity index (χ2v) is 23.6. The van der Waals surface area contributed by atoms with E-state index >= 15 is 0 Å². The molecule has 7 atom stereocenters. The lowest BCUT2D eigenvalue weighted by Gasteiger charge is -2.40. The minimum atomic E-state index is -1.59. The van der Waals surface area contributed by atoms with Crippen LogP contribution in [0.2, 0.25) is 0 Å². The van der Waals surface area contributed by atoms with Gasteiger partial charge >= 0.3 is 0 Å². The number of carbonyl (C=O) groups excluding carboxylic acids is 1. The molecule has 7 unspecified atom stereocenters.